The molecule has 3 aromatic rings. The molecule has 156 valence electrons. The first-order valence-corrected chi connectivity index (χ1v) is 9.47. The van der Waals surface area contributed by atoms with Gasteiger partial charge in [-0.05, 0) is 38.1 Å². The number of rotatable bonds is 7. The number of halogens is 2. The Morgan fingerprint density at radius 2 is 1.70 bits per heavy atom. The summed E-state index contributed by atoms with van der Waals surface area (Å²) in [4.78, 5) is 24.3. The fourth-order valence-corrected chi connectivity index (χ4v) is 3.11. The molecule has 0 fully saturated rings. The smallest absolute Gasteiger partial charge is 0.251 e. The van der Waals surface area contributed by atoms with E-state index in [1.54, 1.807) is 38.1 Å². The van der Waals surface area contributed by atoms with Crippen LogP contribution in [-0.4, -0.2) is 34.7 Å². The lowest BCUT2D eigenvalue weighted by Crippen LogP contribution is -2.35. The third-order valence-corrected chi connectivity index (χ3v) is 4.69. The predicted octanol–water partition coefficient (Wildman–Crippen LogP) is 2.86. The van der Waals surface area contributed by atoms with E-state index in [4.69, 9.17) is 0 Å². The minimum atomic E-state index is -0.731. The van der Waals surface area contributed by atoms with Gasteiger partial charge in [-0.3, -0.25) is 9.59 Å². The Balaban J connectivity index is 1.57. The van der Waals surface area contributed by atoms with Crippen molar-refractivity contribution >= 4 is 11.8 Å². The maximum Gasteiger partial charge on any atom is 0.251 e. The molecular weight excluding hydrogens is 390 g/mol. The van der Waals surface area contributed by atoms with Crippen molar-refractivity contribution in [2.75, 3.05) is 13.1 Å². The third-order valence-electron chi connectivity index (χ3n) is 4.69. The first kappa shape index (κ1) is 21.2. The van der Waals surface area contributed by atoms with E-state index >= 15 is 0 Å². The predicted molar refractivity (Wildman–Crippen MR) is 108 cm³/mol. The third kappa shape index (κ3) is 4.89. The number of hydrogen-bond acceptors (Lipinski definition) is 3. The molecule has 0 aliphatic rings. The van der Waals surface area contributed by atoms with Crippen LogP contribution >= 0.6 is 0 Å². The first-order valence-electron chi connectivity index (χ1n) is 9.47. The number of carbonyl (C=O) groups is 2. The normalized spacial score (nSPS) is 10.7. The number of nitrogens with zero attached hydrogens (tertiary/aromatic N) is 2. The van der Waals surface area contributed by atoms with Gasteiger partial charge in [0.25, 0.3) is 5.91 Å². The Kier molecular flexibility index (Phi) is 6.56. The number of amides is 2. The molecular formula is C22H22F2N4O2. The van der Waals surface area contributed by atoms with Crippen LogP contribution in [-0.2, 0) is 11.2 Å². The molecule has 3 rings (SSSR count). The lowest BCUT2D eigenvalue weighted by Gasteiger charge is -2.08. The van der Waals surface area contributed by atoms with Crippen molar-refractivity contribution in [1.82, 2.24) is 20.4 Å². The largest absolute Gasteiger partial charge is 0.354 e. The van der Waals surface area contributed by atoms with Gasteiger partial charge in [-0.15, -0.1) is 0 Å². The average molecular weight is 412 g/mol. The van der Waals surface area contributed by atoms with Crippen LogP contribution in [0.4, 0.5) is 8.78 Å². The van der Waals surface area contributed by atoms with Crippen LogP contribution in [0.3, 0.4) is 0 Å². The molecule has 2 aromatic carbocycles. The molecule has 1 aromatic heterocycles. The number of aromatic nitrogens is 2. The summed E-state index contributed by atoms with van der Waals surface area (Å²) < 4.78 is 28.6. The van der Waals surface area contributed by atoms with E-state index < -0.39 is 11.6 Å². The Hall–Kier alpha value is -3.55. The zero-order valence-corrected chi connectivity index (χ0v) is 16.7. The lowest BCUT2D eigenvalue weighted by molar-refractivity contribution is -0.120. The summed E-state index contributed by atoms with van der Waals surface area (Å²) in [6, 6.07) is 12.1. The molecule has 0 spiro atoms. The second kappa shape index (κ2) is 9.30. The summed E-state index contributed by atoms with van der Waals surface area (Å²) in [5.74, 6) is -1.85. The zero-order valence-electron chi connectivity index (χ0n) is 16.7. The molecule has 0 atom stereocenters. The second-order valence-electron chi connectivity index (χ2n) is 6.81. The standard InChI is InChI=1S/C22H22F2N4O2/c1-14-18(15(2)28(27-14)20-9-8-17(23)12-19(20)24)13-21(29)25-10-11-26-22(30)16-6-4-3-5-7-16/h3-9,12H,10-11,13H2,1-2H3,(H,25,29)(H,26,30). The molecule has 2 N–H and O–H groups in total. The molecule has 8 heteroatoms. The van der Waals surface area contributed by atoms with Gasteiger partial charge in [0.05, 0.1) is 12.1 Å². The Morgan fingerprint density at radius 3 is 2.40 bits per heavy atom. The van der Waals surface area contributed by atoms with E-state index in [-0.39, 0.29) is 37.0 Å². The molecule has 0 radical (unpaired) electrons. The van der Waals surface area contributed by atoms with Crippen molar-refractivity contribution in [2.45, 2.75) is 20.3 Å². The van der Waals surface area contributed by atoms with Gasteiger partial charge in [-0.25, -0.2) is 13.5 Å². The maximum absolute atomic E-state index is 14.1. The molecule has 0 aliphatic heterocycles. The highest BCUT2D eigenvalue weighted by atomic mass is 19.1. The molecule has 0 unspecified atom stereocenters. The van der Waals surface area contributed by atoms with Crippen LogP contribution in [0.2, 0.25) is 0 Å². The molecule has 0 aliphatic carbocycles. The summed E-state index contributed by atoms with van der Waals surface area (Å²) in [7, 11) is 0. The topological polar surface area (TPSA) is 76.0 Å². The van der Waals surface area contributed by atoms with Crippen LogP contribution in [0.1, 0.15) is 27.3 Å². The van der Waals surface area contributed by atoms with Crippen molar-refractivity contribution in [3.63, 3.8) is 0 Å². The van der Waals surface area contributed by atoms with E-state index in [9.17, 15) is 18.4 Å². The number of nitrogens with one attached hydrogen (secondary N) is 2. The van der Waals surface area contributed by atoms with Crippen molar-refractivity contribution in [2.24, 2.45) is 0 Å². The second-order valence-corrected chi connectivity index (χ2v) is 6.81. The van der Waals surface area contributed by atoms with Crippen molar-refractivity contribution in [3.8, 4) is 5.69 Å². The number of benzene rings is 2. The summed E-state index contributed by atoms with van der Waals surface area (Å²) in [5, 5.41) is 9.78. The van der Waals surface area contributed by atoms with E-state index in [0.29, 0.717) is 22.5 Å². The SMILES string of the molecule is Cc1nn(-c2ccc(F)cc2F)c(C)c1CC(=O)NCCNC(=O)c1ccccc1. The first-order chi connectivity index (χ1) is 14.4. The summed E-state index contributed by atoms with van der Waals surface area (Å²) >= 11 is 0. The van der Waals surface area contributed by atoms with E-state index in [1.807, 2.05) is 6.07 Å². The monoisotopic (exact) mass is 412 g/mol. The summed E-state index contributed by atoms with van der Waals surface area (Å²) in [5.41, 5.74) is 2.53. The number of hydrogen-bond donors (Lipinski definition) is 2. The van der Waals surface area contributed by atoms with Gasteiger partial charge >= 0.3 is 0 Å². The highest BCUT2D eigenvalue weighted by Gasteiger charge is 2.18. The van der Waals surface area contributed by atoms with Crippen molar-refractivity contribution in [1.29, 1.82) is 0 Å². The maximum atomic E-state index is 14.1. The van der Waals surface area contributed by atoms with E-state index in [1.165, 1.54) is 10.7 Å². The van der Waals surface area contributed by atoms with Gasteiger partial charge in [0.2, 0.25) is 5.91 Å². The lowest BCUT2D eigenvalue weighted by atomic mass is 10.1. The van der Waals surface area contributed by atoms with Gasteiger partial charge in [-0.2, -0.15) is 5.10 Å². The summed E-state index contributed by atoms with van der Waals surface area (Å²) in [6.45, 7) is 4.02. The van der Waals surface area contributed by atoms with Crippen LogP contribution in [0.15, 0.2) is 48.5 Å². The van der Waals surface area contributed by atoms with Crippen LogP contribution in [0.25, 0.3) is 5.69 Å². The van der Waals surface area contributed by atoms with Gasteiger partial charge < -0.3 is 10.6 Å². The van der Waals surface area contributed by atoms with Gasteiger partial charge in [0, 0.05) is 36.0 Å². The van der Waals surface area contributed by atoms with Crippen molar-refractivity contribution < 1.29 is 18.4 Å². The molecule has 0 saturated heterocycles. The molecule has 6 nitrogen and oxygen atoms in total. The minimum Gasteiger partial charge on any atom is -0.354 e. The minimum absolute atomic E-state index is 0.0626. The Morgan fingerprint density at radius 1 is 1.00 bits per heavy atom. The van der Waals surface area contributed by atoms with Crippen LogP contribution in [0.5, 0.6) is 0 Å². The average Bonchev–Trinajstić information content (AvgIpc) is 3.00. The van der Waals surface area contributed by atoms with Crippen LogP contribution < -0.4 is 10.6 Å². The summed E-state index contributed by atoms with van der Waals surface area (Å²) in [6.07, 6.45) is 0.0626. The molecule has 2 amide bonds. The van der Waals surface area contributed by atoms with Gasteiger partial charge in [0.15, 0.2) is 5.82 Å². The zero-order chi connectivity index (χ0) is 21.7. The van der Waals surface area contributed by atoms with Gasteiger partial charge in [-0.1, -0.05) is 18.2 Å². The Bertz CT molecular complexity index is 1060. The Labute approximate surface area is 172 Å². The number of aryl methyl sites for hydroxylation is 1. The molecule has 30 heavy (non-hydrogen) atoms. The fourth-order valence-electron chi connectivity index (χ4n) is 3.11. The number of carbonyl (C=O) groups excluding carboxylic acids is 2. The van der Waals surface area contributed by atoms with Gasteiger partial charge in [0.1, 0.15) is 11.5 Å². The van der Waals surface area contributed by atoms with Crippen molar-refractivity contribution in [3.05, 3.63) is 82.7 Å². The van der Waals surface area contributed by atoms with E-state index in [2.05, 4.69) is 15.7 Å². The highest BCUT2D eigenvalue weighted by molar-refractivity contribution is 5.94. The molecule has 1 heterocycles. The highest BCUT2D eigenvalue weighted by Crippen LogP contribution is 2.21. The van der Waals surface area contributed by atoms with Crippen LogP contribution in [0, 0.1) is 25.5 Å². The fraction of sp³-hybridized carbons (Fsp3) is 0.227. The molecule has 0 bridgehead atoms. The van der Waals surface area contributed by atoms with E-state index in [0.717, 1.165) is 12.1 Å². The quantitative estimate of drug-likeness (QED) is 0.586. The molecule has 0 saturated carbocycles.